The van der Waals surface area contributed by atoms with Crippen LogP contribution in [0.15, 0.2) is 24.3 Å². The zero-order chi connectivity index (χ0) is 18.4. The van der Waals surface area contributed by atoms with Crippen LogP contribution in [0.3, 0.4) is 0 Å². The first-order chi connectivity index (χ1) is 11.7. The van der Waals surface area contributed by atoms with Crippen LogP contribution in [0.25, 0.3) is 0 Å². The van der Waals surface area contributed by atoms with Gasteiger partial charge < -0.3 is 10.1 Å². The van der Waals surface area contributed by atoms with E-state index in [0.29, 0.717) is 11.6 Å². The Kier molecular flexibility index (Phi) is 6.84. The van der Waals surface area contributed by atoms with Gasteiger partial charge in [-0.1, -0.05) is 13.8 Å². The van der Waals surface area contributed by atoms with Gasteiger partial charge in [0, 0.05) is 25.4 Å². The van der Waals surface area contributed by atoms with E-state index in [1.54, 1.807) is 0 Å². The van der Waals surface area contributed by atoms with Gasteiger partial charge in [0.2, 0.25) is 5.91 Å². The highest BCUT2D eigenvalue weighted by atomic mass is 19.4. The molecule has 1 fully saturated rings. The molecule has 1 saturated heterocycles. The lowest BCUT2D eigenvalue weighted by atomic mass is 10.1. The third-order valence-corrected chi connectivity index (χ3v) is 4.06. The van der Waals surface area contributed by atoms with Gasteiger partial charge in [0.25, 0.3) is 0 Å². The molecular weight excluding hydrogens is 333 g/mol. The van der Waals surface area contributed by atoms with Gasteiger partial charge in [-0.2, -0.15) is 13.2 Å². The van der Waals surface area contributed by atoms with E-state index in [1.807, 2.05) is 4.90 Å². The number of carbonyl (C=O) groups is 1. The molecule has 140 valence electrons. The van der Waals surface area contributed by atoms with Crippen molar-refractivity contribution in [3.63, 3.8) is 0 Å². The number of halogens is 3. The van der Waals surface area contributed by atoms with Crippen LogP contribution in [0.5, 0.6) is 0 Å². The molecule has 1 aliphatic rings. The van der Waals surface area contributed by atoms with Crippen molar-refractivity contribution in [1.29, 1.82) is 0 Å². The maximum atomic E-state index is 12.5. The Morgan fingerprint density at radius 1 is 1.24 bits per heavy atom. The smallest absolute Gasteiger partial charge is 0.378 e. The van der Waals surface area contributed by atoms with Gasteiger partial charge in [-0.05, 0) is 43.0 Å². The average Bonchev–Trinajstić information content (AvgIpc) is 2.53. The van der Waals surface area contributed by atoms with E-state index < -0.39 is 11.7 Å². The molecule has 0 unspecified atom stereocenters. The van der Waals surface area contributed by atoms with Crippen molar-refractivity contribution in [3.8, 4) is 0 Å². The molecule has 1 N–H and O–H groups in total. The summed E-state index contributed by atoms with van der Waals surface area (Å²) in [6.45, 7) is 6.77. The molecule has 0 aromatic heterocycles. The number of anilines is 1. The van der Waals surface area contributed by atoms with E-state index in [4.69, 9.17) is 4.74 Å². The zero-order valence-corrected chi connectivity index (χ0v) is 14.6. The van der Waals surface area contributed by atoms with Gasteiger partial charge >= 0.3 is 6.18 Å². The van der Waals surface area contributed by atoms with Crippen molar-refractivity contribution in [2.24, 2.45) is 5.92 Å². The van der Waals surface area contributed by atoms with Crippen molar-refractivity contribution in [3.05, 3.63) is 29.8 Å². The first-order valence-electron chi connectivity index (χ1n) is 8.55. The SMILES string of the molecule is CC(C)COC1CCN(CC(=O)Nc2ccc(C(F)(F)F)cc2)CC1. The normalized spacial score (nSPS) is 17.0. The Labute approximate surface area is 146 Å². The molecule has 0 bridgehead atoms. The number of hydrogen-bond donors (Lipinski definition) is 1. The number of nitrogens with zero attached hydrogens (tertiary/aromatic N) is 1. The molecule has 1 aliphatic heterocycles. The van der Waals surface area contributed by atoms with Gasteiger partial charge in [0.1, 0.15) is 0 Å². The summed E-state index contributed by atoms with van der Waals surface area (Å²) in [6, 6.07) is 4.47. The van der Waals surface area contributed by atoms with Gasteiger partial charge in [-0.3, -0.25) is 9.69 Å². The zero-order valence-electron chi connectivity index (χ0n) is 14.6. The Bertz CT molecular complexity index is 550. The van der Waals surface area contributed by atoms with Gasteiger partial charge in [-0.25, -0.2) is 0 Å². The minimum absolute atomic E-state index is 0.221. The summed E-state index contributed by atoms with van der Waals surface area (Å²) in [5.74, 6) is 0.286. The molecule has 0 spiro atoms. The second-order valence-corrected chi connectivity index (χ2v) is 6.83. The molecule has 0 saturated carbocycles. The van der Waals surface area contributed by atoms with Crippen LogP contribution < -0.4 is 5.32 Å². The molecular formula is C18H25F3N2O2. The molecule has 0 radical (unpaired) electrons. The number of carbonyl (C=O) groups excluding carboxylic acids is 1. The third kappa shape index (κ3) is 6.66. The Morgan fingerprint density at radius 2 is 1.84 bits per heavy atom. The van der Waals surface area contributed by atoms with Crippen LogP contribution in [0.2, 0.25) is 0 Å². The van der Waals surface area contributed by atoms with E-state index in [2.05, 4.69) is 19.2 Å². The van der Waals surface area contributed by atoms with Gasteiger partial charge in [0.15, 0.2) is 0 Å². The van der Waals surface area contributed by atoms with Crippen LogP contribution in [0.4, 0.5) is 18.9 Å². The summed E-state index contributed by atoms with van der Waals surface area (Å²) in [4.78, 5) is 14.1. The summed E-state index contributed by atoms with van der Waals surface area (Å²) >= 11 is 0. The van der Waals surface area contributed by atoms with E-state index in [-0.39, 0.29) is 18.6 Å². The molecule has 25 heavy (non-hydrogen) atoms. The number of hydrogen-bond acceptors (Lipinski definition) is 3. The van der Waals surface area contributed by atoms with Crippen molar-refractivity contribution >= 4 is 11.6 Å². The largest absolute Gasteiger partial charge is 0.416 e. The van der Waals surface area contributed by atoms with Crippen LogP contribution in [0, 0.1) is 5.92 Å². The summed E-state index contributed by atoms with van der Waals surface area (Å²) in [5, 5.41) is 2.64. The standard InChI is InChI=1S/C18H25F3N2O2/c1-13(2)12-25-16-7-9-23(10-8-16)11-17(24)22-15-5-3-14(4-6-15)18(19,20)21/h3-6,13,16H,7-12H2,1-2H3,(H,22,24). The van der Waals surface area contributed by atoms with Crippen LogP contribution in [-0.2, 0) is 15.7 Å². The number of likely N-dealkylation sites (tertiary alicyclic amines) is 1. The topological polar surface area (TPSA) is 41.6 Å². The molecule has 1 aromatic carbocycles. The Morgan fingerprint density at radius 3 is 2.36 bits per heavy atom. The fourth-order valence-corrected chi connectivity index (χ4v) is 2.71. The second-order valence-electron chi connectivity index (χ2n) is 6.83. The third-order valence-electron chi connectivity index (χ3n) is 4.06. The van der Waals surface area contributed by atoms with Gasteiger partial charge in [0.05, 0.1) is 18.2 Å². The summed E-state index contributed by atoms with van der Waals surface area (Å²) in [6.07, 6.45) is -2.35. The molecule has 0 atom stereocenters. The highest BCUT2D eigenvalue weighted by Gasteiger charge is 2.30. The number of nitrogens with one attached hydrogen (secondary N) is 1. The molecule has 1 amide bonds. The van der Waals surface area contributed by atoms with E-state index in [1.165, 1.54) is 12.1 Å². The maximum Gasteiger partial charge on any atom is 0.416 e. The second kappa shape index (κ2) is 8.67. The van der Waals surface area contributed by atoms with Crippen LogP contribution in [-0.4, -0.2) is 43.2 Å². The van der Waals surface area contributed by atoms with Crippen LogP contribution >= 0.6 is 0 Å². The summed E-state index contributed by atoms with van der Waals surface area (Å²) in [7, 11) is 0. The quantitative estimate of drug-likeness (QED) is 0.841. The maximum absolute atomic E-state index is 12.5. The number of rotatable bonds is 6. The molecule has 2 rings (SSSR count). The van der Waals surface area contributed by atoms with Crippen molar-refractivity contribution in [1.82, 2.24) is 4.90 Å². The summed E-state index contributed by atoms with van der Waals surface area (Å²) in [5.41, 5.74) is -0.359. The lowest BCUT2D eigenvalue weighted by molar-refractivity contribution is -0.137. The predicted molar refractivity (Wildman–Crippen MR) is 90.3 cm³/mol. The van der Waals surface area contributed by atoms with E-state index in [0.717, 1.165) is 44.7 Å². The molecule has 1 aromatic rings. The average molecular weight is 358 g/mol. The monoisotopic (exact) mass is 358 g/mol. The number of ether oxygens (including phenoxy) is 1. The highest BCUT2D eigenvalue weighted by molar-refractivity contribution is 5.92. The lowest BCUT2D eigenvalue weighted by Crippen LogP contribution is -2.41. The molecule has 7 heteroatoms. The Hall–Kier alpha value is -1.60. The van der Waals surface area contributed by atoms with Crippen molar-refractivity contribution in [2.45, 2.75) is 39.0 Å². The number of benzene rings is 1. The molecule has 4 nitrogen and oxygen atoms in total. The number of piperidine rings is 1. The predicted octanol–water partition coefficient (Wildman–Crippen LogP) is 3.78. The minimum atomic E-state index is -4.37. The first-order valence-corrected chi connectivity index (χ1v) is 8.55. The first kappa shape index (κ1) is 19.7. The summed E-state index contributed by atoms with van der Waals surface area (Å²) < 4.78 is 43.4. The fourth-order valence-electron chi connectivity index (χ4n) is 2.71. The molecule has 1 heterocycles. The van der Waals surface area contributed by atoms with E-state index in [9.17, 15) is 18.0 Å². The minimum Gasteiger partial charge on any atom is -0.378 e. The van der Waals surface area contributed by atoms with Crippen molar-refractivity contribution < 1.29 is 22.7 Å². The number of alkyl halides is 3. The molecule has 0 aliphatic carbocycles. The van der Waals surface area contributed by atoms with Crippen LogP contribution in [0.1, 0.15) is 32.3 Å². The Balaban J connectivity index is 1.74. The van der Waals surface area contributed by atoms with E-state index >= 15 is 0 Å². The van der Waals surface area contributed by atoms with Crippen molar-refractivity contribution in [2.75, 3.05) is 31.6 Å². The lowest BCUT2D eigenvalue weighted by Gasteiger charge is -2.31. The van der Waals surface area contributed by atoms with Gasteiger partial charge in [-0.15, -0.1) is 0 Å². The number of amides is 1. The highest BCUT2D eigenvalue weighted by Crippen LogP contribution is 2.29. The fraction of sp³-hybridized carbons (Fsp3) is 0.611.